The molecule has 3 nitrogen and oxygen atoms in total. The van der Waals surface area contributed by atoms with Gasteiger partial charge in [0.25, 0.3) is 5.91 Å². The highest BCUT2D eigenvalue weighted by Crippen LogP contribution is 2.28. The first-order valence-electron chi connectivity index (χ1n) is 7.41. The number of H-pyrrole nitrogens is 1. The van der Waals surface area contributed by atoms with E-state index in [0.29, 0.717) is 18.8 Å². The van der Waals surface area contributed by atoms with Gasteiger partial charge in [-0.25, -0.2) is 0 Å². The van der Waals surface area contributed by atoms with Gasteiger partial charge in [0, 0.05) is 24.0 Å². The van der Waals surface area contributed by atoms with Crippen molar-refractivity contribution in [2.45, 2.75) is 6.54 Å². The highest BCUT2D eigenvalue weighted by molar-refractivity contribution is 9.10. The molecule has 0 saturated carbocycles. The number of aromatic nitrogens is 1. The number of halogens is 1. The van der Waals surface area contributed by atoms with Crippen LogP contribution in [0.5, 0.6) is 0 Å². The number of para-hydroxylation sites is 1. The lowest BCUT2D eigenvalue weighted by Gasteiger charge is -2.21. The van der Waals surface area contributed by atoms with Crippen molar-refractivity contribution in [2.75, 3.05) is 6.54 Å². The quantitative estimate of drug-likeness (QED) is 0.647. The number of nitrogens with zero attached hydrogens (tertiary/aromatic N) is 1. The van der Waals surface area contributed by atoms with Gasteiger partial charge in [-0.3, -0.25) is 4.79 Å². The predicted molar refractivity (Wildman–Crippen MR) is 97.4 cm³/mol. The van der Waals surface area contributed by atoms with Crippen molar-refractivity contribution in [1.29, 1.82) is 0 Å². The minimum absolute atomic E-state index is 0.0446. The molecule has 0 spiro atoms. The summed E-state index contributed by atoms with van der Waals surface area (Å²) in [6, 6.07) is 17.8. The van der Waals surface area contributed by atoms with Crippen molar-refractivity contribution in [3.8, 4) is 0 Å². The Morgan fingerprint density at radius 3 is 2.52 bits per heavy atom. The number of amides is 1. The summed E-state index contributed by atoms with van der Waals surface area (Å²) >= 11 is 3.55. The predicted octanol–water partition coefficient (Wildman–Crippen LogP) is 4.76. The van der Waals surface area contributed by atoms with E-state index in [1.807, 2.05) is 54.6 Å². The smallest absolute Gasteiger partial charge is 0.272 e. The Bertz CT molecular complexity index is 839. The van der Waals surface area contributed by atoms with Gasteiger partial charge in [-0.15, -0.1) is 6.58 Å². The number of aromatic amines is 1. The largest absolute Gasteiger partial charge is 0.350 e. The van der Waals surface area contributed by atoms with Gasteiger partial charge in [0.05, 0.1) is 4.47 Å². The van der Waals surface area contributed by atoms with E-state index in [0.717, 1.165) is 20.9 Å². The van der Waals surface area contributed by atoms with Crippen molar-refractivity contribution < 1.29 is 4.79 Å². The second-order valence-electron chi connectivity index (χ2n) is 5.32. The summed E-state index contributed by atoms with van der Waals surface area (Å²) < 4.78 is 0.806. The molecule has 0 atom stereocenters. The van der Waals surface area contributed by atoms with Crippen LogP contribution in [0.2, 0.25) is 0 Å². The van der Waals surface area contributed by atoms with Gasteiger partial charge in [0.1, 0.15) is 5.69 Å². The van der Waals surface area contributed by atoms with Crippen LogP contribution in [0.25, 0.3) is 10.9 Å². The highest BCUT2D eigenvalue weighted by Gasteiger charge is 2.21. The van der Waals surface area contributed by atoms with Crippen LogP contribution in [-0.2, 0) is 6.54 Å². The molecule has 1 amide bonds. The van der Waals surface area contributed by atoms with E-state index in [-0.39, 0.29) is 5.91 Å². The van der Waals surface area contributed by atoms with Gasteiger partial charge in [0.15, 0.2) is 0 Å². The minimum Gasteiger partial charge on any atom is -0.350 e. The molecular formula is C19H17BrN2O. The summed E-state index contributed by atoms with van der Waals surface area (Å²) in [5.41, 5.74) is 2.61. The van der Waals surface area contributed by atoms with Gasteiger partial charge < -0.3 is 9.88 Å². The molecule has 0 bridgehead atoms. The molecule has 116 valence electrons. The average Bonchev–Trinajstić information content (AvgIpc) is 2.92. The molecule has 0 radical (unpaired) electrons. The third kappa shape index (κ3) is 3.22. The van der Waals surface area contributed by atoms with E-state index in [1.165, 1.54) is 0 Å². The number of hydrogen-bond acceptors (Lipinski definition) is 1. The molecule has 3 rings (SSSR count). The number of fused-ring (bicyclic) bond motifs is 1. The fourth-order valence-corrected chi connectivity index (χ4v) is 3.21. The van der Waals surface area contributed by atoms with Gasteiger partial charge in [-0.05, 0) is 27.6 Å². The summed E-state index contributed by atoms with van der Waals surface area (Å²) in [5.74, 6) is -0.0446. The Morgan fingerprint density at radius 1 is 1.13 bits per heavy atom. The molecule has 4 heteroatoms. The lowest BCUT2D eigenvalue weighted by atomic mass is 10.2. The van der Waals surface area contributed by atoms with Crippen LogP contribution in [0.1, 0.15) is 16.1 Å². The maximum atomic E-state index is 12.9. The first-order valence-corrected chi connectivity index (χ1v) is 8.20. The normalized spacial score (nSPS) is 10.7. The van der Waals surface area contributed by atoms with Crippen molar-refractivity contribution in [2.24, 2.45) is 0 Å². The highest BCUT2D eigenvalue weighted by atomic mass is 79.9. The standard InChI is InChI=1S/C19H17BrN2O/c1-2-12-22(13-14-8-4-3-5-9-14)19(23)18-17(20)15-10-6-7-11-16(15)21-18/h2-11,21H,1,12-13H2. The maximum absolute atomic E-state index is 12.9. The number of hydrogen-bond donors (Lipinski definition) is 1. The topological polar surface area (TPSA) is 36.1 Å². The van der Waals surface area contributed by atoms with E-state index >= 15 is 0 Å². The van der Waals surface area contributed by atoms with E-state index in [1.54, 1.807) is 11.0 Å². The minimum atomic E-state index is -0.0446. The fourth-order valence-electron chi connectivity index (χ4n) is 2.59. The molecule has 0 aliphatic rings. The molecule has 0 aliphatic heterocycles. The molecule has 0 saturated heterocycles. The van der Waals surface area contributed by atoms with Gasteiger partial charge in [0.2, 0.25) is 0 Å². The van der Waals surface area contributed by atoms with Crippen LogP contribution in [0.4, 0.5) is 0 Å². The first kappa shape index (κ1) is 15.6. The summed E-state index contributed by atoms with van der Waals surface area (Å²) in [7, 11) is 0. The Morgan fingerprint density at radius 2 is 1.83 bits per heavy atom. The number of carbonyl (C=O) groups is 1. The number of benzene rings is 2. The lowest BCUT2D eigenvalue weighted by Crippen LogP contribution is -2.31. The average molecular weight is 369 g/mol. The molecule has 2 aromatic carbocycles. The monoisotopic (exact) mass is 368 g/mol. The van der Waals surface area contributed by atoms with Crippen molar-refractivity contribution in [1.82, 2.24) is 9.88 Å². The van der Waals surface area contributed by atoms with Gasteiger partial charge >= 0.3 is 0 Å². The fraction of sp³-hybridized carbons (Fsp3) is 0.105. The summed E-state index contributed by atoms with van der Waals surface area (Å²) in [4.78, 5) is 17.9. The zero-order valence-corrected chi connectivity index (χ0v) is 14.2. The number of rotatable bonds is 5. The van der Waals surface area contributed by atoms with Crippen LogP contribution in [0.15, 0.2) is 71.7 Å². The summed E-state index contributed by atoms with van der Waals surface area (Å²) in [5, 5.41) is 1.01. The van der Waals surface area contributed by atoms with E-state index in [2.05, 4.69) is 27.5 Å². The lowest BCUT2D eigenvalue weighted by molar-refractivity contribution is 0.0757. The van der Waals surface area contributed by atoms with Crippen LogP contribution in [0, 0.1) is 0 Å². The van der Waals surface area contributed by atoms with Crippen LogP contribution in [0.3, 0.4) is 0 Å². The van der Waals surface area contributed by atoms with Crippen molar-refractivity contribution >= 4 is 32.7 Å². The van der Waals surface area contributed by atoms with E-state index in [9.17, 15) is 4.79 Å². The Balaban J connectivity index is 1.93. The van der Waals surface area contributed by atoms with E-state index < -0.39 is 0 Å². The van der Waals surface area contributed by atoms with E-state index in [4.69, 9.17) is 0 Å². The zero-order valence-electron chi connectivity index (χ0n) is 12.6. The maximum Gasteiger partial charge on any atom is 0.272 e. The van der Waals surface area contributed by atoms with Crippen LogP contribution < -0.4 is 0 Å². The Labute approximate surface area is 143 Å². The Hall–Kier alpha value is -2.33. The van der Waals surface area contributed by atoms with Crippen LogP contribution in [-0.4, -0.2) is 22.3 Å². The molecule has 0 aliphatic carbocycles. The molecule has 1 aromatic heterocycles. The summed E-state index contributed by atoms with van der Waals surface area (Å²) in [6.45, 7) is 4.81. The van der Waals surface area contributed by atoms with Gasteiger partial charge in [-0.1, -0.05) is 54.6 Å². The van der Waals surface area contributed by atoms with Crippen LogP contribution >= 0.6 is 15.9 Å². The third-order valence-electron chi connectivity index (χ3n) is 3.71. The number of nitrogens with one attached hydrogen (secondary N) is 1. The molecular weight excluding hydrogens is 352 g/mol. The molecule has 0 unspecified atom stereocenters. The summed E-state index contributed by atoms with van der Waals surface area (Å²) in [6.07, 6.45) is 1.75. The Kier molecular flexibility index (Phi) is 4.63. The third-order valence-corrected chi connectivity index (χ3v) is 4.53. The second-order valence-corrected chi connectivity index (χ2v) is 6.11. The molecule has 3 aromatic rings. The van der Waals surface area contributed by atoms with Gasteiger partial charge in [-0.2, -0.15) is 0 Å². The van der Waals surface area contributed by atoms with Crippen molar-refractivity contribution in [3.05, 3.63) is 83.0 Å². The molecule has 0 fully saturated rings. The molecule has 1 heterocycles. The first-order chi connectivity index (χ1) is 11.2. The second kappa shape index (κ2) is 6.84. The molecule has 23 heavy (non-hydrogen) atoms. The molecule has 1 N–H and O–H groups in total. The van der Waals surface area contributed by atoms with Crippen molar-refractivity contribution in [3.63, 3.8) is 0 Å². The zero-order chi connectivity index (χ0) is 16.2. The SMILES string of the molecule is C=CCN(Cc1ccccc1)C(=O)c1[nH]c2ccccc2c1Br. The number of carbonyl (C=O) groups excluding carboxylic acids is 1.